The summed E-state index contributed by atoms with van der Waals surface area (Å²) in [6.07, 6.45) is 14.5. The van der Waals surface area contributed by atoms with Crippen molar-refractivity contribution in [3.63, 3.8) is 0 Å². The molecule has 4 nitrogen and oxygen atoms in total. The molecule has 2 aliphatic rings. The average molecular weight is 743 g/mol. The van der Waals surface area contributed by atoms with Crippen molar-refractivity contribution in [2.75, 3.05) is 11.5 Å². The number of hydrogen-bond donors (Lipinski definition) is 0. The Balaban J connectivity index is 1.14. The summed E-state index contributed by atoms with van der Waals surface area (Å²) in [6, 6.07) is 44.1. The van der Waals surface area contributed by atoms with Gasteiger partial charge in [-0.1, -0.05) is 181 Å². The molecule has 50 heavy (non-hydrogen) atoms. The lowest BCUT2D eigenvalue weighted by Gasteiger charge is -2.35. The molecule has 0 unspecified atom stereocenters. The molecule has 2 saturated carbocycles. The highest BCUT2D eigenvalue weighted by Crippen LogP contribution is 2.41. The first-order valence-electron chi connectivity index (χ1n) is 18.8. The highest BCUT2D eigenvalue weighted by Gasteiger charge is 2.38. The van der Waals surface area contributed by atoms with Crippen LogP contribution in [0, 0.1) is 0 Å². The van der Waals surface area contributed by atoms with E-state index in [1.807, 2.05) is 21.6 Å². The SMILES string of the molecule is c1ccc(C(CCSSCCC([SiH2]OOC2CCCCC2)(c2ccccc2)c2ccccc2)([SiH2]OOC2CCCCC2)c2ccccc2)cc1. The lowest BCUT2D eigenvalue weighted by molar-refractivity contribution is -0.254. The summed E-state index contributed by atoms with van der Waals surface area (Å²) in [4.78, 5) is 12.3. The van der Waals surface area contributed by atoms with Crippen molar-refractivity contribution < 1.29 is 18.9 Å². The monoisotopic (exact) mass is 742 g/mol. The fourth-order valence-electron chi connectivity index (χ4n) is 7.75. The molecule has 0 heterocycles. The van der Waals surface area contributed by atoms with Gasteiger partial charge in [0.2, 0.25) is 19.5 Å². The maximum absolute atomic E-state index is 6.35. The Morgan fingerprint density at radius 1 is 0.440 bits per heavy atom. The zero-order chi connectivity index (χ0) is 34.2. The first-order valence-corrected chi connectivity index (χ1v) is 23.9. The van der Waals surface area contributed by atoms with Crippen LogP contribution in [0.25, 0.3) is 0 Å². The van der Waals surface area contributed by atoms with E-state index in [4.69, 9.17) is 18.9 Å². The third-order valence-electron chi connectivity index (χ3n) is 10.7. The Morgan fingerprint density at radius 2 is 0.740 bits per heavy atom. The lowest BCUT2D eigenvalue weighted by atomic mass is 9.87. The number of rotatable bonds is 19. The zero-order valence-corrected chi connectivity index (χ0v) is 33.9. The van der Waals surface area contributed by atoms with Gasteiger partial charge in [0.05, 0.1) is 12.2 Å². The topological polar surface area (TPSA) is 36.9 Å². The van der Waals surface area contributed by atoms with Crippen molar-refractivity contribution >= 4 is 41.1 Å². The molecule has 4 aromatic rings. The molecule has 6 rings (SSSR count). The molecule has 0 aliphatic heterocycles. The standard InChI is InChI=1S/C42H54O4S2Si2/c1-7-19-35(20-8-1)41(36-21-9-2-10-22-36,49-45-43-39-27-15-5-16-28-39)31-33-47-48-34-32-42(37-23-11-3-12-24-37,38-25-13-4-14-26-38)50-46-44-40-29-17-6-18-30-40/h1-4,7-14,19-26,39-40H,5-6,15-18,27-34,49-50H2. The third kappa shape index (κ3) is 10.3. The number of benzene rings is 4. The van der Waals surface area contributed by atoms with E-state index < -0.39 is 19.5 Å². The van der Waals surface area contributed by atoms with Gasteiger partial charge in [-0.25, -0.2) is 9.78 Å². The summed E-state index contributed by atoms with van der Waals surface area (Å²) in [5.41, 5.74) is 5.35. The molecule has 0 radical (unpaired) electrons. The van der Waals surface area contributed by atoms with Crippen LogP contribution in [0.1, 0.15) is 99.3 Å². The molecule has 0 atom stereocenters. The van der Waals surface area contributed by atoms with E-state index in [0.29, 0.717) is 0 Å². The minimum Gasteiger partial charge on any atom is -0.293 e. The van der Waals surface area contributed by atoms with Gasteiger partial charge < -0.3 is 0 Å². The van der Waals surface area contributed by atoms with Crippen LogP contribution in [0.5, 0.6) is 0 Å². The smallest absolute Gasteiger partial charge is 0.223 e. The molecule has 0 N–H and O–H groups in total. The maximum Gasteiger partial charge on any atom is 0.223 e. The van der Waals surface area contributed by atoms with Crippen LogP contribution in [0.4, 0.5) is 0 Å². The summed E-state index contributed by atoms with van der Waals surface area (Å²) in [6.45, 7) is 0. The molecule has 266 valence electrons. The van der Waals surface area contributed by atoms with Gasteiger partial charge in [-0.15, -0.1) is 0 Å². The molecule has 2 aliphatic carbocycles. The maximum atomic E-state index is 6.35. The van der Waals surface area contributed by atoms with Crippen molar-refractivity contribution in [3.8, 4) is 0 Å². The van der Waals surface area contributed by atoms with Crippen molar-refractivity contribution in [2.45, 2.75) is 99.3 Å². The lowest BCUT2D eigenvalue weighted by Crippen LogP contribution is -2.38. The van der Waals surface area contributed by atoms with Gasteiger partial charge in [-0.2, -0.15) is 0 Å². The normalized spacial score (nSPS) is 16.9. The first kappa shape index (κ1) is 37.6. The molecule has 8 heteroatoms. The summed E-state index contributed by atoms with van der Waals surface area (Å²) in [5, 5.41) is -0.334. The molecule has 0 aromatic heterocycles. The van der Waals surface area contributed by atoms with Gasteiger partial charge in [0.1, 0.15) is 0 Å². The van der Waals surface area contributed by atoms with Gasteiger partial charge in [0.15, 0.2) is 0 Å². The van der Waals surface area contributed by atoms with E-state index in [0.717, 1.165) is 50.0 Å². The molecule has 0 amide bonds. The van der Waals surface area contributed by atoms with Crippen molar-refractivity contribution in [1.29, 1.82) is 0 Å². The van der Waals surface area contributed by atoms with Crippen LogP contribution in [0.15, 0.2) is 121 Å². The van der Waals surface area contributed by atoms with Crippen molar-refractivity contribution in [2.24, 2.45) is 0 Å². The molecule has 2 fully saturated rings. The van der Waals surface area contributed by atoms with Gasteiger partial charge in [0.25, 0.3) is 0 Å². The molecule has 0 saturated heterocycles. The van der Waals surface area contributed by atoms with Crippen molar-refractivity contribution in [3.05, 3.63) is 144 Å². The molecular formula is C42H54O4S2Si2. The second-order valence-corrected chi connectivity index (χ2v) is 20.2. The highest BCUT2D eigenvalue weighted by molar-refractivity contribution is 8.76. The first-order chi connectivity index (χ1) is 24.8. The Bertz CT molecular complexity index is 1290. The second-order valence-electron chi connectivity index (χ2n) is 14.0. The number of hydrogen-bond acceptors (Lipinski definition) is 6. The van der Waals surface area contributed by atoms with Crippen molar-refractivity contribution in [1.82, 2.24) is 0 Å². The Morgan fingerprint density at radius 3 is 1.04 bits per heavy atom. The van der Waals surface area contributed by atoms with Crippen LogP contribution in [0.2, 0.25) is 0 Å². The van der Waals surface area contributed by atoms with Gasteiger partial charge >= 0.3 is 0 Å². The Kier molecular flexibility index (Phi) is 15.2. The van der Waals surface area contributed by atoms with E-state index in [1.165, 1.54) is 60.8 Å². The molecule has 4 aromatic carbocycles. The molecular weight excluding hydrogens is 689 g/mol. The van der Waals surface area contributed by atoms with E-state index in [2.05, 4.69) is 121 Å². The van der Waals surface area contributed by atoms with E-state index in [9.17, 15) is 0 Å². The van der Waals surface area contributed by atoms with Crippen LogP contribution in [-0.2, 0) is 29.0 Å². The Labute approximate surface area is 313 Å². The average Bonchev–Trinajstić information content (AvgIpc) is 3.20. The van der Waals surface area contributed by atoms with Crippen LogP contribution in [-0.4, -0.2) is 43.2 Å². The zero-order valence-electron chi connectivity index (χ0n) is 29.5. The van der Waals surface area contributed by atoms with E-state index >= 15 is 0 Å². The predicted molar refractivity (Wildman–Crippen MR) is 217 cm³/mol. The summed E-state index contributed by atoms with van der Waals surface area (Å²) < 4.78 is 12.7. The van der Waals surface area contributed by atoms with Crippen LogP contribution in [0.3, 0.4) is 0 Å². The minimum absolute atomic E-state index is 0.167. The fourth-order valence-corrected chi connectivity index (χ4v) is 13.7. The third-order valence-corrected chi connectivity index (χ3v) is 17.0. The summed E-state index contributed by atoms with van der Waals surface area (Å²) in [7, 11) is 1.70. The van der Waals surface area contributed by atoms with Crippen LogP contribution < -0.4 is 0 Å². The largest absolute Gasteiger partial charge is 0.293 e. The second kappa shape index (κ2) is 20.2. The van der Waals surface area contributed by atoms with Gasteiger partial charge in [0, 0.05) is 21.6 Å². The molecule has 0 spiro atoms. The van der Waals surface area contributed by atoms with Gasteiger partial charge in [-0.05, 0) is 60.8 Å². The summed E-state index contributed by atoms with van der Waals surface area (Å²) >= 11 is 0. The van der Waals surface area contributed by atoms with E-state index in [1.54, 1.807) is 0 Å². The van der Waals surface area contributed by atoms with Gasteiger partial charge in [-0.3, -0.25) is 9.15 Å². The highest BCUT2D eigenvalue weighted by atomic mass is 33.1. The minimum atomic E-state index is -1.14. The quantitative estimate of drug-likeness (QED) is 0.0313. The fraction of sp³-hybridized carbons (Fsp3) is 0.429. The molecule has 0 bridgehead atoms. The summed E-state index contributed by atoms with van der Waals surface area (Å²) in [5.74, 6) is 2.05. The van der Waals surface area contributed by atoms with E-state index in [-0.39, 0.29) is 22.3 Å². The van der Waals surface area contributed by atoms with Crippen LogP contribution >= 0.6 is 21.6 Å². The predicted octanol–water partition coefficient (Wildman–Crippen LogP) is 9.77. The Hall–Kier alpha value is -2.15.